The summed E-state index contributed by atoms with van der Waals surface area (Å²) < 4.78 is 5.34. The first-order chi connectivity index (χ1) is 10.3. The van der Waals surface area contributed by atoms with Crippen LogP contribution in [-0.4, -0.2) is 31.1 Å². The van der Waals surface area contributed by atoms with Crippen molar-refractivity contribution in [2.24, 2.45) is 5.92 Å². The van der Waals surface area contributed by atoms with Crippen LogP contribution in [-0.2, 0) is 4.79 Å². The Labute approximate surface area is 139 Å². The van der Waals surface area contributed by atoms with Crippen molar-refractivity contribution in [2.45, 2.75) is 6.42 Å². The number of nitrogens with zero attached hydrogens (tertiary/aromatic N) is 1. The molecule has 1 unspecified atom stereocenters. The maximum Gasteiger partial charge on any atom is 0.230 e. The number of nitrogens with one attached hydrogen (secondary N) is 2. The number of halogens is 1. The lowest BCUT2D eigenvalue weighted by Gasteiger charge is -2.07. The highest BCUT2D eigenvalue weighted by atomic mass is 35.5. The smallest absolute Gasteiger partial charge is 0.230 e. The molecule has 0 bridgehead atoms. The van der Waals surface area contributed by atoms with Crippen molar-refractivity contribution < 1.29 is 9.53 Å². The molecule has 7 heteroatoms. The molecular weight excluding hydrogens is 322 g/mol. The van der Waals surface area contributed by atoms with E-state index < -0.39 is 0 Å². The Balaban J connectivity index is 0.00000176. The average molecular weight is 340 g/mol. The number of carbonyl (C=O) groups excluding carboxylic acids is 1. The Hall–Kier alpha value is -1.63. The summed E-state index contributed by atoms with van der Waals surface area (Å²) in [6, 6.07) is 7.72. The van der Waals surface area contributed by atoms with Crippen LogP contribution in [0.4, 0.5) is 5.13 Å². The van der Waals surface area contributed by atoms with Crippen LogP contribution in [0.3, 0.4) is 0 Å². The molecule has 1 atom stereocenters. The van der Waals surface area contributed by atoms with Gasteiger partial charge >= 0.3 is 0 Å². The first-order valence-electron chi connectivity index (χ1n) is 6.88. The van der Waals surface area contributed by atoms with E-state index in [9.17, 15) is 4.79 Å². The van der Waals surface area contributed by atoms with E-state index in [1.807, 2.05) is 29.6 Å². The van der Waals surface area contributed by atoms with Gasteiger partial charge in [-0.2, -0.15) is 0 Å². The Bertz CT molecular complexity index is 641. The van der Waals surface area contributed by atoms with Crippen LogP contribution in [0, 0.1) is 5.92 Å². The number of aromatic nitrogens is 1. The molecule has 0 spiro atoms. The number of hydrogen-bond acceptors (Lipinski definition) is 5. The molecular formula is C15H18ClN3O2S. The van der Waals surface area contributed by atoms with Gasteiger partial charge in [0.05, 0.1) is 18.7 Å². The molecule has 2 aromatic rings. The number of methoxy groups -OCH3 is 1. The number of anilines is 1. The monoisotopic (exact) mass is 339 g/mol. The number of benzene rings is 1. The van der Waals surface area contributed by atoms with Gasteiger partial charge in [0.25, 0.3) is 0 Å². The van der Waals surface area contributed by atoms with Crippen molar-refractivity contribution in [2.75, 3.05) is 25.5 Å². The van der Waals surface area contributed by atoms with Crippen LogP contribution in [0.1, 0.15) is 6.42 Å². The summed E-state index contributed by atoms with van der Waals surface area (Å²) in [5.41, 5.74) is 1.75. The van der Waals surface area contributed by atoms with Gasteiger partial charge < -0.3 is 15.4 Å². The fourth-order valence-electron chi connectivity index (χ4n) is 2.40. The lowest BCUT2D eigenvalue weighted by atomic mass is 10.1. The van der Waals surface area contributed by atoms with Crippen molar-refractivity contribution in [1.82, 2.24) is 10.3 Å². The minimum absolute atomic E-state index is 0. The largest absolute Gasteiger partial charge is 0.496 e. The topological polar surface area (TPSA) is 63.2 Å². The van der Waals surface area contributed by atoms with E-state index in [0.29, 0.717) is 5.13 Å². The molecule has 2 N–H and O–H groups in total. The normalized spacial score (nSPS) is 16.9. The van der Waals surface area contributed by atoms with Gasteiger partial charge in [0.2, 0.25) is 5.91 Å². The van der Waals surface area contributed by atoms with Crippen LogP contribution >= 0.6 is 23.7 Å². The minimum atomic E-state index is 0. The minimum Gasteiger partial charge on any atom is -0.496 e. The molecule has 118 valence electrons. The third-order valence-electron chi connectivity index (χ3n) is 3.55. The summed E-state index contributed by atoms with van der Waals surface area (Å²) in [6.45, 7) is 1.65. The number of hydrogen-bond donors (Lipinski definition) is 2. The first-order valence-corrected chi connectivity index (χ1v) is 7.76. The third kappa shape index (κ3) is 3.58. The van der Waals surface area contributed by atoms with Gasteiger partial charge in [0.15, 0.2) is 5.13 Å². The van der Waals surface area contributed by atoms with Gasteiger partial charge in [-0.25, -0.2) is 4.98 Å². The highest BCUT2D eigenvalue weighted by molar-refractivity contribution is 7.14. The van der Waals surface area contributed by atoms with E-state index >= 15 is 0 Å². The molecule has 1 fully saturated rings. The number of ether oxygens (including phenoxy) is 1. The highest BCUT2D eigenvalue weighted by Crippen LogP contribution is 2.32. The second kappa shape index (κ2) is 7.58. The summed E-state index contributed by atoms with van der Waals surface area (Å²) in [7, 11) is 1.64. The molecule has 1 amide bonds. The Morgan fingerprint density at radius 3 is 3.00 bits per heavy atom. The lowest BCUT2D eigenvalue weighted by molar-refractivity contribution is -0.119. The molecule has 22 heavy (non-hydrogen) atoms. The molecule has 3 rings (SSSR count). The summed E-state index contributed by atoms with van der Waals surface area (Å²) >= 11 is 1.43. The van der Waals surface area contributed by atoms with E-state index in [1.165, 1.54) is 11.3 Å². The Kier molecular flexibility index (Phi) is 5.76. The Morgan fingerprint density at radius 2 is 2.27 bits per heavy atom. The second-order valence-electron chi connectivity index (χ2n) is 4.92. The highest BCUT2D eigenvalue weighted by Gasteiger charge is 2.23. The lowest BCUT2D eigenvalue weighted by Crippen LogP contribution is -2.24. The van der Waals surface area contributed by atoms with E-state index in [4.69, 9.17) is 4.74 Å². The van der Waals surface area contributed by atoms with Crippen LogP contribution in [0.5, 0.6) is 5.75 Å². The Morgan fingerprint density at radius 1 is 1.45 bits per heavy atom. The molecule has 1 aromatic heterocycles. The quantitative estimate of drug-likeness (QED) is 0.899. The fraction of sp³-hybridized carbons (Fsp3) is 0.333. The second-order valence-corrected chi connectivity index (χ2v) is 5.78. The van der Waals surface area contributed by atoms with Crippen LogP contribution in [0.25, 0.3) is 11.3 Å². The predicted octanol–water partition coefficient (Wildman–Crippen LogP) is 2.79. The summed E-state index contributed by atoms with van der Waals surface area (Å²) in [4.78, 5) is 16.6. The number of rotatable bonds is 4. The molecule has 1 saturated heterocycles. The maximum atomic E-state index is 12.1. The van der Waals surface area contributed by atoms with Gasteiger partial charge in [-0.1, -0.05) is 12.1 Å². The van der Waals surface area contributed by atoms with Crippen molar-refractivity contribution in [3.63, 3.8) is 0 Å². The fourth-order valence-corrected chi connectivity index (χ4v) is 3.11. The molecule has 1 aliphatic heterocycles. The number of amides is 1. The van der Waals surface area contributed by atoms with Crippen molar-refractivity contribution in [3.05, 3.63) is 29.6 Å². The number of thiazole rings is 1. The van der Waals surface area contributed by atoms with Crippen LogP contribution in [0.2, 0.25) is 0 Å². The molecule has 2 heterocycles. The van der Waals surface area contributed by atoms with E-state index in [-0.39, 0.29) is 24.2 Å². The van der Waals surface area contributed by atoms with Gasteiger partial charge in [-0.05, 0) is 25.1 Å². The predicted molar refractivity (Wildman–Crippen MR) is 91.0 cm³/mol. The van der Waals surface area contributed by atoms with Crippen molar-refractivity contribution >= 4 is 34.8 Å². The molecule has 0 radical (unpaired) electrons. The van der Waals surface area contributed by atoms with Crippen LogP contribution < -0.4 is 15.4 Å². The van der Waals surface area contributed by atoms with Gasteiger partial charge in [0, 0.05) is 17.5 Å². The summed E-state index contributed by atoms with van der Waals surface area (Å²) in [5.74, 6) is 0.866. The van der Waals surface area contributed by atoms with Gasteiger partial charge in [-0.15, -0.1) is 23.7 Å². The first kappa shape index (κ1) is 16.7. The van der Waals surface area contributed by atoms with Crippen molar-refractivity contribution in [1.29, 1.82) is 0 Å². The zero-order valence-corrected chi connectivity index (χ0v) is 13.8. The van der Waals surface area contributed by atoms with E-state index in [1.54, 1.807) is 7.11 Å². The zero-order valence-electron chi connectivity index (χ0n) is 12.2. The molecule has 1 aliphatic rings. The number of carbonyl (C=O) groups is 1. The molecule has 5 nitrogen and oxygen atoms in total. The zero-order chi connectivity index (χ0) is 14.7. The summed E-state index contributed by atoms with van der Waals surface area (Å²) in [6.07, 6.45) is 0.885. The van der Waals surface area contributed by atoms with Gasteiger partial charge in [0.1, 0.15) is 5.75 Å². The molecule has 0 saturated carbocycles. The maximum absolute atomic E-state index is 12.1. The average Bonchev–Trinajstić information content (AvgIpc) is 3.18. The number of para-hydroxylation sites is 1. The third-order valence-corrected chi connectivity index (χ3v) is 4.31. The standard InChI is InChI=1S/C15H17N3O2S.ClH/c1-20-13-5-3-2-4-11(13)12-9-21-15(17-12)18-14(19)10-6-7-16-8-10;/h2-5,9-10,16H,6-8H2,1H3,(H,17,18,19);1H. The van der Waals surface area contributed by atoms with Crippen molar-refractivity contribution in [3.8, 4) is 17.0 Å². The van der Waals surface area contributed by atoms with Gasteiger partial charge in [-0.3, -0.25) is 4.79 Å². The van der Waals surface area contributed by atoms with E-state index in [2.05, 4.69) is 15.6 Å². The SMILES string of the molecule is COc1ccccc1-c1csc(NC(=O)C2CCNC2)n1.Cl. The van der Waals surface area contributed by atoms with Crippen LogP contribution in [0.15, 0.2) is 29.6 Å². The van der Waals surface area contributed by atoms with E-state index in [0.717, 1.165) is 36.5 Å². The molecule has 1 aromatic carbocycles. The molecule has 0 aliphatic carbocycles. The summed E-state index contributed by atoms with van der Waals surface area (Å²) in [5, 5.41) is 8.65.